The second kappa shape index (κ2) is 5.46. The summed E-state index contributed by atoms with van der Waals surface area (Å²) >= 11 is 0. The van der Waals surface area contributed by atoms with Gasteiger partial charge in [0, 0.05) is 12.7 Å². The van der Waals surface area contributed by atoms with Crippen LogP contribution in [0.2, 0.25) is 0 Å². The smallest absolute Gasteiger partial charge is 0.253 e. The van der Waals surface area contributed by atoms with Crippen LogP contribution in [0.1, 0.15) is 6.42 Å². The van der Waals surface area contributed by atoms with Gasteiger partial charge in [0.1, 0.15) is 5.92 Å². The molecule has 0 aliphatic carbocycles. The highest BCUT2D eigenvalue weighted by Crippen LogP contribution is 2.12. The van der Waals surface area contributed by atoms with Crippen LogP contribution in [-0.4, -0.2) is 34.6 Å². The molecule has 2 heterocycles. The highest BCUT2D eigenvalue weighted by Gasteiger charge is 2.36. The monoisotopic (exact) mass is 250 g/mol. The van der Waals surface area contributed by atoms with Gasteiger partial charge in [-0.2, -0.15) is 0 Å². The van der Waals surface area contributed by atoms with Gasteiger partial charge in [-0.15, -0.1) is 0 Å². The Kier molecular flexibility index (Phi) is 3.73. The van der Waals surface area contributed by atoms with Crippen LogP contribution in [-0.2, 0) is 9.59 Å². The lowest BCUT2D eigenvalue weighted by atomic mass is 9.95. The summed E-state index contributed by atoms with van der Waals surface area (Å²) in [5, 5.41) is 12.2. The zero-order valence-corrected chi connectivity index (χ0v) is 9.59. The first-order valence-corrected chi connectivity index (χ1v) is 5.60. The minimum atomic E-state index is -1.08. The lowest BCUT2D eigenvalue weighted by molar-refractivity contribution is -0.142. The topological polar surface area (TPSA) is 103 Å². The Morgan fingerprint density at radius 3 is 3.06 bits per heavy atom. The highest BCUT2D eigenvalue weighted by atomic mass is 16.3. The zero-order valence-electron chi connectivity index (χ0n) is 9.59. The van der Waals surface area contributed by atoms with Crippen molar-refractivity contribution in [3.8, 4) is 0 Å². The molecule has 0 spiro atoms. The van der Waals surface area contributed by atoms with Gasteiger partial charge in [-0.1, -0.05) is 0 Å². The number of carbonyl (C=O) groups is 2. The van der Waals surface area contributed by atoms with Crippen LogP contribution < -0.4 is 16.2 Å². The van der Waals surface area contributed by atoms with Crippen LogP contribution in [0, 0.1) is 5.92 Å². The summed E-state index contributed by atoms with van der Waals surface area (Å²) in [5.41, 5.74) is 5.60. The fourth-order valence-electron chi connectivity index (χ4n) is 1.74. The Hall–Kier alpha value is -2.15. The Labute approximate surface area is 104 Å². The van der Waals surface area contributed by atoms with Crippen molar-refractivity contribution in [3.63, 3.8) is 0 Å². The molecule has 18 heavy (non-hydrogen) atoms. The van der Waals surface area contributed by atoms with Crippen LogP contribution in [0.3, 0.4) is 0 Å². The van der Waals surface area contributed by atoms with E-state index in [1.807, 2.05) is 0 Å². The van der Waals surface area contributed by atoms with Crippen LogP contribution in [0.15, 0.2) is 24.5 Å². The summed E-state index contributed by atoms with van der Waals surface area (Å²) in [7, 11) is 0. The predicted octanol–water partition coefficient (Wildman–Crippen LogP) is -0.978. The molecule has 0 bridgehead atoms. The fraction of sp³-hybridized carbons (Fsp3) is 0.364. The molecule has 1 fully saturated rings. The molecule has 0 radical (unpaired) electrons. The largest absolute Gasteiger partial charge is 0.392 e. The van der Waals surface area contributed by atoms with Crippen molar-refractivity contribution in [2.75, 3.05) is 12.0 Å². The highest BCUT2D eigenvalue weighted by molar-refractivity contribution is 6.01. The Morgan fingerprint density at radius 2 is 2.39 bits per heavy atom. The van der Waals surface area contributed by atoms with Crippen molar-refractivity contribution in [2.24, 2.45) is 5.92 Å². The average molecular weight is 250 g/mol. The number of hydrogen-bond acceptors (Lipinski definition) is 5. The fourth-order valence-corrected chi connectivity index (χ4v) is 1.74. The molecule has 7 heteroatoms. The van der Waals surface area contributed by atoms with E-state index in [2.05, 4.69) is 21.2 Å². The minimum absolute atomic E-state index is 0.372. The Bertz CT molecular complexity index is 437. The van der Waals surface area contributed by atoms with E-state index in [0.29, 0.717) is 18.7 Å². The number of aliphatic hydroxyl groups is 1. The molecule has 4 N–H and O–H groups in total. The summed E-state index contributed by atoms with van der Waals surface area (Å²) in [5.74, 6) is -2.11. The lowest BCUT2D eigenvalue weighted by Crippen LogP contribution is -2.52. The number of aromatic nitrogens is 1. The number of pyridine rings is 1. The molecule has 96 valence electrons. The van der Waals surface area contributed by atoms with Gasteiger partial charge in [-0.05, 0) is 18.6 Å². The minimum Gasteiger partial charge on any atom is -0.392 e. The first-order chi connectivity index (χ1) is 8.68. The van der Waals surface area contributed by atoms with Crippen LogP contribution >= 0.6 is 0 Å². The predicted molar refractivity (Wildman–Crippen MR) is 63.1 cm³/mol. The first kappa shape index (κ1) is 12.3. The maximum absolute atomic E-state index is 11.8. The molecule has 2 rings (SSSR count). The molecule has 0 aromatic carbocycles. The van der Waals surface area contributed by atoms with Gasteiger partial charge in [-0.25, -0.2) is 0 Å². The molecule has 2 unspecified atom stereocenters. The summed E-state index contributed by atoms with van der Waals surface area (Å²) in [6.45, 7) is 0.389. The third-order valence-corrected chi connectivity index (χ3v) is 2.68. The third kappa shape index (κ3) is 2.75. The molecule has 0 saturated carbocycles. The van der Waals surface area contributed by atoms with E-state index >= 15 is 0 Å². The van der Waals surface area contributed by atoms with Gasteiger partial charge in [0.25, 0.3) is 5.91 Å². The van der Waals surface area contributed by atoms with Crippen LogP contribution in [0.25, 0.3) is 0 Å². The first-order valence-electron chi connectivity index (χ1n) is 5.60. The Morgan fingerprint density at radius 1 is 1.56 bits per heavy atom. The molecule has 1 aromatic rings. The van der Waals surface area contributed by atoms with Gasteiger partial charge < -0.3 is 10.4 Å². The number of hydrogen-bond donors (Lipinski definition) is 4. The second-order valence-corrected chi connectivity index (χ2v) is 3.98. The molecular formula is C11H14N4O3. The van der Waals surface area contributed by atoms with Crippen molar-refractivity contribution in [2.45, 2.75) is 12.5 Å². The number of aliphatic hydroxyl groups excluding tert-OH is 1. The zero-order chi connectivity index (χ0) is 13.0. The van der Waals surface area contributed by atoms with Crippen molar-refractivity contribution in [3.05, 3.63) is 24.5 Å². The molecule has 1 saturated heterocycles. The van der Waals surface area contributed by atoms with Gasteiger partial charge >= 0.3 is 0 Å². The molecule has 1 aliphatic rings. The van der Waals surface area contributed by atoms with E-state index < -0.39 is 23.8 Å². The van der Waals surface area contributed by atoms with Crippen molar-refractivity contribution in [1.29, 1.82) is 0 Å². The van der Waals surface area contributed by atoms with Crippen molar-refractivity contribution < 1.29 is 14.7 Å². The summed E-state index contributed by atoms with van der Waals surface area (Å²) < 4.78 is 0. The van der Waals surface area contributed by atoms with Crippen molar-refractivity contribution >= 4 is 17.5 Å². The van der Waals surface area contributed by atoms with E-state index in [4.69, 9.17) is 0 Å². The van der Waals surface area contributed by atoms with Gasteiger partial charge in [0.2, 0.25) is 5.91 Å². The summed E-state index contributed by atoms with van der Waals surface area (Å²) in [6.07, 6.45) is 2.55. The standard InChI is InChI=1S/C11H14N4O3/c16-8-3-5-13-10(17)9(8)11(18)15-14-7-2-1-4-12-6-7/h1-2,4,6,8-9,14,16H,3,5H2,(H,13,17)(H,15,18). The maximum Gasteiger partial charge on any atom is 0.253 e. The van der Waals surface area contributed by atoms with E-state index in [0.717, 1.165) is 0 Å². The van der Waals surface area contributed by atoms with Gasteiger partial charge in [0.15, 0.2) is 0 Å². The molecule has 7 nitrogen and oxygen atoms in total. The molecular weight excluding hydrogens is 236 g/mol. The molecule has 2 amide bonds. The third-order valence-electron chi connectivity index (χ3n) is 2.68. The van der Waals surface area contributed by atoms with Crippen LogP contribution in [0.5, 0.6) is 0 Å². The number of piperidine rings is 1. The molecule has 2 atom stereocenters. The van der Waals surface area contributed by atoms with E-state index in [1.165, 1.54) is 6.20 Å². The molecule has 1 aliphatic heterocycles. The van der Waals surface area contributed by atoms with E-state index in [-0.39, 0.29) is 0 Å². The maximum atomic E-state index is 11.8. The van der Waals surface area contributed by atoms with E-state index in [1.54, 1.807) is 18.3 Å². The van der Waals surface area contributed by atoms with Crippen molar-refractivity contribution in [1.82, 2.24) is 15.7 Å². The van der Waals surface area contributed by atoms with Crippen LogP contribution in [0.4, 0.5) is 5.69 Å². The van der Waals surface area contributed by atoms with E-state index in [9.17, 15) is 14.7 Å². The lowest BCUT2D eigenvalue weighted by Gasteiger charge is -2.26. The number of nitrogens with one attached hydrogen (secondary N) is 3. The van der Waals surface area contributed by atoms with Gasteiger partial charge in [-0.3, -0.25) is 25.4 Å². The second-order valence-electron chi connectivity index (χ2n) is 3.98. The number of hydrazine groups is 1. The summed E-state index contributed by atoms with van der Waals surface area (Å²) in [4.78, 5) is 27.1. The quantitative estimate of drug-likeness (QED) is 0.408. The number of anilines is 1. The normalized spacial score (nSPS) is 23.1. The number of amides is 2. The number of nitrogens with zero attached hydrogens (tertiary/aromatic N) is 1. The molecule has 1 aromatic heterocycles. The SMILES string of the molecule is O=C1NCCC(O)C1C(=O)NNc1cccnc1. The summed E-state index contributed by atoms with van der Waals surface area (Å²) in [6, 6.07) is 3.42. The average Bonchev–Trinajstić information content (AvgIpc) is 2.37. The Balaban J connectivity index is 1.93. The van der Waals surface area contributed by atoms with Gasteiger partial charge in [0.05, 0.1) is 18.0 Å². The number of carbonyl (C=O) groups excluding carboxylic acids is 2. The number of rotatable bonds is 3.